The molecule has 0 saturated carbocycles. The highest BCUT2D eigenvalue weighted by Gasteiger charge is 2.31. The highest BCUT2D eigenvalue weighted by Crippen LogP contribution is 2.42. The zero-order chi connectivity index (χ0) is 22.4. The number of hydroxylamine groups is 2. The van der Waals surface area contributed by atoms with Crippen LogP contribution in [0.1, 0.15) is 46.8 Å². The first kappa shape index (κ1) is 22.3. The number of hydrogen-bond donors (Lipinski definition) is 1. The molecule has 0 aliphatic carbocycles. The highest BCUT2D eigenvalue weighted by atomic mass is 16.7. The fourth-order valence-electron chi connectivity index (χ4n) is 3.49. The van der Waals surface area contributed by atoms with Crippen LogP contribution in [0.25, 0.3) is 0 Å². The third-order valence-corrected chi connectivity index (χ3v) is 5.24. The Morgan fingerprint density at radius 3 is 2.84 bits per heavy atom. The summed E-state index contributed by atoms with van der Waals surface area (Å²) in [7, 11) is 1.53. The van der Waals surface area contributed by atoms with Crippen molar-refractivity contribution < 1.29 is 33.7 Å². The van der Waals surface area contributed by atoms with Gasteiger partial charge in [-0.1, -0.05) is 11.6 Å². The SMILES string of the molecule is COc1c(C)c2c(c(O)c1C/C=C(\C)CCC(=O)OCCN1C=CC=CO1)C(=O)OC2. The second kappa shape index (κ2) is 10.1. The Labute approximate surface area is 181 Å². The molecule has 2 heterocycles. The Balaban J connectivity index is 1.54. The monoisotopic (exact) mass is 429 g/mol. The van der Waals surface area contributed by atoms with Gasteiger partial charge in [0.2, 0.25) is 0 Å². The van der Waals surface area contributed by atoms with Gasteiger partial charge in [0.1, 0.15) is 36.5 Å². The minimum atomic E-state index is -0.524. The summed E-state index contributed by atoms with van der Waals surface area (Å²) in [6.45, 7) is 4.56. The fourth-order valence-corrected chi connectivity index (χ4v) is 3.49. The average molecular weight is 429 g/mol. The molecule has 8 nitrogen and oxygen atoms in total. The van der Waals surface area contributed by atoms with Crippen molar-refractivity contribution in [2.45, 2.75) is 39.7 Å². The maximum absolute atomic E-state index is 12.0. The molecule has 1 aromatic carbocycles. The van der Waals surface area contributed by atoms with Crippen LogP contribution in [0, 0.1) is 6.92 Å². The predicted octanol–water partition coefficient (Wildman–Crippen LogP) is 3.47. The molecule has 0 unspecified atom stereocenters. The molecule has 0 bridgehead atoms. The minimum Gasteiger partial charge on any atom is -0.507 e. The number of fused-ring (bicyclic) bond motifs is 1. The molecule has 8 heteroatoms. The van der Waals surface area contributed by atoms with Crippen molar-refractivity contribution in [2.75, 3.05) is 20.3 Å². The lowest BCUT2D eigenvalue weighted by Gasteiger charge is -2.19. The maximum atomic E-state index is 12.0. The van der Waals surface area contributed by atoms with Crippen LogP contribution in [0.15, 0.2) is 36.3 Å². The summed E-state index contributed by atoms with van der Waals surface area (Å²) in [6.07, 6.45) is 9.95. The lowest BCUT2D eigenvalue weighted by atomic mass is 9.94. The van der Waals surface area contributed by atoms with Crippen molar-refractivity contribution in [1.82, 2.24) is 5.06 Å². The largest absolute Gasteiger partial charge is 0.507 e. The standard InChI is InChI=1S/C23H27NO7/c1-15(7-9-19(25)29-13-11-24-10-4-5-12-31-24)6-8-17-21(26)20-18(14-30-23(20)27)16(2)22(17)28-3/h4-6,10,12,26H,7-9,11,13-14H2,1-3H3/b15-6+. The number of hydrogen-bond acceptors (Lipinski definition) is 8. The third kappa shape index (κ3) is 5.20. The lowest BCUT2D eigenvalue weighted by Crippen LogP contribution is -2.23. The van der Waals surface area contributed by atoms with Crippen molar-refractivity contribution in [2.24, 2.45) is 0 Å². The summed E-state index contributed by atoms with van der Waals surface area (Å²) in [4.78, 5) is 29.2. The first-order valence-corrected chi connectivity index (χ1v) is 10.1. The van der Waals surface area contributed by atoms with Gasteiger partial charge in [0.25, 0.3) is 0 Å². The Bertz CT molecular complexity index is 946. The van der Waals surface area contributed by atoms with Crippen molar-refractivity contribution in [3.8, 4) is 11.5 Å². The topological polar surface area (TPSA) is 94.5 Å². The molecule has 0 spiro atoms. The predicted molar refractivity (Wildman–Crippen MR) is 112 cm³/mol. The van der Waals surface area contributed by atoms with E-state index < -0.39 is 5.97 Å². The molecule has 0 atom stereocenters. The van der Waals surface area contributed by atoms with E-state index in [2.05, 4.69) is 0 Å². The summed E-state index contributed by atoms with van der Waals surface area (Å²) in [5.74, 6) is -0.376. The van der Waals surface area contributed by atoms with Crippen LogP contribution in [0.2, 0.25) is 0 Å². The van der Waals surface area contributed by atoms with Crippen molar-refractivity contribution in [1.29, 1.82) is 0 Å². The summed E-state index contributed by atoms with van der Waals surface area (Å²) < 4.78 is 15.8. The van der Waals surface area contributed by atoms with E-state index in [1.807, 2.05) is 26.0 Å². The van der Waals surface area contributed by atoms with Gasteiger partial charge in [0.15, 0.2) is 0 Å². The lowest BCUT2D eigenvalue weighted by molar-refractivity contribution is -0.146. The van der Waals surface area contributed by atoms with Gasteiger partial charge in [-0.25, -0.2) is 9.86 Å². The maximum Gasteiger partial charge on any atom is 0.342 e. The first-order chi connectivity index (χ1) is 14.9. The zero-order valence-corrected chi connectivity index (χ0v) is 18.0. The van der Waals surface area contributed by atoms with Crippen LogP contribution < -0.4 is 4.74 Å². The van der Waals surface area contributed by atoms with Crippen LogP contribution in [-0.2, 0) is 32.1 Å². The molecule has 3 rings (SSSR count). The molecule has 0 amide bonds. The van der Waals surface area contributed by atoms with Crippen LogP contribution >= 0.6 is 0 Å². The van der Waals surface area contributed by atoms with E-state index in [9.17, 15) is 14.7 Å². The van der Waals surface area contributed by atoms with Crippen molar-refractivity contribution >= 4 is 11.9 Å². The molecule has 1 aromatic rings. The van der Waals surface area contributed by atoms with Crippen LogP contribution in [0.4, 0.5) is 0 Å². The highest BCUT2D eigenvalue weighted by molar-refractivity contribution is 5.98. The van der Waals surface area contributed by atoms with Gasteiger partial charge >= 0.3 is 11.9 Å². The minimum absolute atomic E-state index is 0.104. The van der Waals surface area contributed by atoms with Crippen LogP contribution in [-0.4, -0.2) is 42.4 Å². The molecule has 166 valence electrons. The van der Waals surface area contributed by atoms with Gasteiger partial charge in [0, 0.05) is 23.7 Å². The van der Waals surface area contributed by atoms with E-state index in [0.29, 0.717) is 36.3 Å². The smallest absolute Gasteiger partial charge is 0.342 e. The van der Waals surface area contributed by atoms with Gasteiger partial charge in [-0.15, -0.1) is 0 Å². The number of nitrogens with zero attached hydrogens (tertiary/aromatic N) is 1. The molecule has 0 aromatic heterocycles. The number of esters is 2. The van der Waals surface area contributed by atoms with E-state index in [-0.39, 0.29) is 36.9 Å². The van der Waals surface area contributed by atoms with Gasteiger partial charge in [-0.3, -0.25) is 4.79 Å². The molecule has 0 radical (unpaired) electrons. The van der Waals surface area contributed by atoms with Crippen molar-refractivity contribution in [3.05, 3.63) is 58.5 Å². The number of carbonyl (C=O) groups excluding carboxylic acids is 2. The normalized spacial score (nSPS) is 14.9. The molecule has 1 N–H and O–H groups in total. The second-order valence-electron chi connectivity index (χ2n) is 7.31. The summed E-state index contributed by atoms with van der Waals surface area (Å²) >= 11 is 0. The molecule has 0 fully saturated rings. The third-order valence-electron chi connectivity index (χ3n) is 5.24. The molecule has 2 aliphatic heterocycles. The zero-order valence-electron chi connectivity index (χ0n) is 18.0. The number of methoxy groups -OCH3 is 1. The number of cyclic esters (lactones) is 1. The van der Waals surface area contributed by atoms with Gasteiger partial charge < -0.3 is 24.2 Å². The Hall–Kier alpha value is -3.42. The molecular weight excluding hydrogens is 402 g/mol. The average Bonchev–Trinajstić information content (AvgIpc) is 3.16. The Morgan fingerprint density at radius 1 is 1.32 bits per heavy atom. The Kier molecular flexibility index (Phi) is 7.23. The number of phenols is 1. The summed E-state index contributed by atoms with van der Waals surface area (Å²) in [5.41, 5.74) is 3.16. The number of aromatic hydroxyl groups is 1. The number of phenolic OH excluding ortho intramolecular Hbond substituents is 1. The summed E-state index contributed by atoms with van der Waals surface area (Å²) in [5, 5.41) is 12.2. The second-order valence-corrected chi connectivity index (χ2v) is 7.31. The molecule has 2 aliphatic rings. The van der Waals surface area contributed by atoms with E-state index in [1.54, 1.807) is 23.6 Å². The number of allylic oxidation sites excluding steroid dienone is 4. The van der Waals surface area contributed by atoms with E-state index in [4.69, 9.17) is 19.0 Å². The van der Waals surface area contributed by atoms with Gasteiger partial charge in [0.05, 0.1) is 13.7 Å². The van der Waals surface area contributed by atoms with E-state index in [1.165, 1.54) is 7.11 Å². The quantitative estimate of drug-likeness (QED) is 0.471. The van der Waals surface area contributed by atoms with Crippen LogP contribution in [0.5, 0.6) is 11.5 Å². The van der Waals surface area contributed by atoms with Crippen molar-refractivity contribution in [3.63, 3.8) is 0 Å². The molecular formula is C23H27NO7. The number of carbonyl (C=O) groups is 2. The summed E-state index contributed by atoms with van der Waals surface area (Å²) in [6, 6.07) is 0. The number of benzene rings is 1. The van der Waals surface area contributed by atoms with Gasteiger partial charge in [-0.05, 0) is 44.4 Å². The molecule has 0 saturated heterocycles. The van der Waals surface area contributed by atoms with Gasteiger partial charge in [-0.2, -0.15) is 0 Å². The molecule has 31 heavy (non-hydrogen) atoms. The first-order valence-electron chi connectivity index (χ1n) is 10.1. The Morgan fingerprint density at radius 2 is 2.13 bits per heavy atom. The van der Waals surface area contributed by atoms with E-state index in [0.717, 1.165) is 11.1 Å². The van der Waals surface area contributed by atoms with Crippen LogP contribution in [0.3, 0.4) is 0 Å². The van der Waals surface area contributed by atoms with E-state index >= 15 is 0 Å². The fraction of sp³-hybridized carbons (Fsp3) is 0.391. The number of rotatable bonds is 9. The number of ether oxygens (including phenoxy) is 3.